The van der Waals surface area contributed by atoms with Gasteiger partial charge in [-0.05, 0) is 56.1 Å². The molecule has 8 heteroatoms. The number of aromatic amines is 1. The van der Waals surface area contributed by atoms with Crippen LogP contribution < -0.4 is 15.1 Å². The number of aliphatic hydroxyl groups is 1. The summed E-state index contributed by atoms with van der Waals surface area (Å²) in [4.78, 5) is 24.8. The van der Waals surface area contributed by atoms with Gasteiger partial charge in [-0.3, -0.25) is 9.78 Å². The highest BCUT2D eigenvalue weighted by atomic mass is 16.6. The molecule has 2 heterocycles. The predicted molar refractivity (Wildman–Crippen MR) is 103 cm³/mol. The van der Waals surface area contributed by atoms with E-state index in [9.17, 15) is 9.90 Å². The molecule has 0 bridgehead atoms. The van der Waals surface area contributed by atoms with E-state index in [-0.39, 0.29) is 23.6 Å². The molecule has 3 aliphatic rings. The third-order valence-corrected chi connectivity index (χ3v) is 5.62. The third-order valence-electron chi connectivity index (χ3n) is 5.62. The average Bonchev–Trinajstić information content (AvgIpc) is 3.50. The Morgan fingerprint density at radius 2 is 2.11 bits per heavy atom. The number of oxime groups is 1. The SMILES string of the molecule is COC1CCC(=NOc2nc3c(c(=O)[nH]2)C(CCCC2CC2)=CC(O)O3)CC1. The highest BCUT2D eigenvalue weighted by molar-refractivity contribution is 5.84. The number of rotatable bonds is 7. The second-order valence-corrected chi connectivity index (χ2v) is 7.77. The van der Waals surface area contributed by atoms with Crippen molar-refractivity contribution in [2.24, 2.45) is 11.1 Å². The van der Waals surface area contributed by atoms with Crippen LogP contribution in [0.5, 0.6) is 11.9 Å². The molecule has 1 aliphatic heterocycles. The molecule has 2 saturated carbocycles. The van der Waals surface area contributed by atoms with Crippen LogP contribution in [-0.4, -0.2) is 40.3 Å². The minimum atomic E-state index is -1.11. The number of methoxy groups -OCH3 is 1. The summed E-state index contributed by atoms with van der Waals surface area (Å²) in [7, 11) is 1.72. The summed E-state index contributed by atoms with van der Waals surface area (Å²) in [5.74, 6) is 0.925. The van der Waals surface area contributed by atoms with Crippen LogP contribution in [0.3, 0.4) is 0 Å². The fourth-order valence-electron chi connectivity index (χ4n) is 3.80. The molecule has 0 radical (unpaired) electrons. The molecule has 2 N–H and O–H groups in total. The van der Waals surface area contributed by atoms with Crippen molar-refractivity contribution in [1.82, 2.24) is 9.97 Å². The standard InChI is InChI=1S/C20H27N3O5/c1-26-15-9-7-14(8-10-15)23-28-20-21-18(25)17-13(4-2-3-12-5-6-12)11-16(24)27-19(17)22-20/h11-12,15-16,24H,2-10H2,1H3,(H,21,22,25). The van der Waals surface area contributed by atoms with Gasteiger partial charge in [-0.2, -0.15) is 4.98 Å². The van der Waals surface area contributed by atoms with E-state index in [0.29, 0.717) is 5.56 Å². The molecule has 1 unspecified atom stereocenters. The lowest BCUT2D eigenvalue weighted by Gasteiger charge is -2.21. The first-order chi connectivity index (χ1) is 13.6. The molecule has 2 fully saturated rings. The Bertz CT molecular complexity index is 818. The van der Waals surface area contributed by atoms with Crippen LogP contribution in [0.2, 0.25) is 0 Å². The number of nitrogens with zero attached hydrogens (tertiary/aromatic N) is 2. The highest BCUT2D eigenvalue weighted by Crippen LogP contribution is 2.36. The Morgan fingerprint density at radius 3 is 2.82 bits per heavy atom. The Kier molecular flexibility index (Phi) is 5.77. The Balaban J connectivity index is 1.45. The molecule has 1 aromatic rings. The van der Waals surface area contributed by atoms with Gasteiger partial charge in [0.2, 0.25) is 12.2 Å². The van der Waals surface area contributed by atoms with Crippen LogP contribution in [-0.2, 0) is 4.74 Å². The Morgan fingerprint density at radius 1 is 1.32 bits per heavy atom. The van der Waals surface area contributed by atoms with Crippen molar-refractivity contribution in [3.05, 3.63) is 22.0 Å². The summed E-state index contributed by atoms with van der Waals surface area (Å²) in [6.07, 6.45) is 9.58. The zero-order valence-corrected chi connectivity index (χ0v) is 16.1. The fourth-order valence-corrected chi connectivity index (χ4v) is 3.80. The number of fused-ring (bicyclic) bond motifs is 1. The minimum Gasteiger partial charge on any atom is -0.443 e. The van der Waals surface area contributed by atoms with Gasteiger partial charge in [-0.1, -0.05) is 24.4 Å². The number of allylic oxidation sites excluding steroid dienone is 1. The maximum absolute atomic E-state index is 12.6. The van der Waals surface area contributed by atoms with E-state index in [4.69, 9.17) is 14.3 Å². The third kappa shape index (κ3) is 4.62. The van der Waals surface area contributed by atoms with Crippen LogP contribution in [0.1, 0.15) is 63.4 Å². The predicted octanol–water partition coefficient (Wildman–Crippen LogP) is 2.77. The van der Waals surface area contributed by atoms with Crippen molar-refractivity contribution < 1.29 is 19.4 Å². The molecule has 0 aromatic carbocycles. The quantitative estimate of drug-likeness (QED) is 0.695. The van der Waals surface area contributed by atoms with Gasteiger partial charge in [0.1, 0.15) is 5.56 Å². The smallest absolute Gasteiger partial charge is 0.329 e. The van der Waals surface area contributed by atoms with Gasteiger partial charge < -0.3 is 19.4 Å². The first-order valence-electron chi connectivity index (χ1n) is 10.1. The van der Waals surface area contributed by atoms with Gasteiger partial charge in [0.25, 0.3) is 5.56 Å². The van der Waals surface area contributed by atoms with Crippen LogP contribution in [0.25, 0.3) is 5.57 Å². The largest absolute Gasteiger partial charge is 0.443 e. The summed E-state index contributed by atoms with van der Waals surface area (Å²) in [5.41, 5.74) is 1.73. The maximum Gasteiger partial charge on any atom is 0.329 e. The van der Waals surface area contributed by atoms with Crippen LogP contribution in [0.15, 0.2) is 16.0 Å². The number of hydrogen-bond donors (Lipinski definition) is 2. The topological polar surface area (TPSA) is 106 Å². The van der Waals surface area contributed by atoms with E-state index in [1.54, 1.807) is 13.2 Å². The van der Waals surface area contributed by atoms with Crippen LogP contribution in [0.4, 0.5) is 0 Å². The molecule has 28 heavy (non-hydrogen) atoms. The normalized spacial score (nSPS) is 24.2. The summed E-state index contributed by atoms with van der Waals surface area (Å²) in [5, 5.41) is 14.1. The number of aromatic nitrogens is 2. The van der Waals surface area contributed by atoms with E-state index < -0.39 is 6.29 Å². The summed E-state index contributed by atoms with van der Waals surface area (Å²) >= 11 is 0. The summed E-state index contributed by atoms with van der Waals surface area (Å²) in [6.45, 7) is 0. The van der Waals surface area contributed by atoms with E-state index in [1.807, 2.05) is 0 Å². The van der Waals surface area contributed by atoms with E-state index in [2.05, 4.69) is 15.1 Å². The second-order valence-electron chi connectivity index (χ2n) is 7.77. The number of ether oxygens (including phenoxy) is 2. The number of aliphatic hydroxyl groups excluding tert-OH is 1. The first-order valence-corrected chi connectivity index (χ1v) is 10.1. The fraction of sp³-hybridized carbons (Fsp3) is 0.650. The van der Waals surface area contributed by atoms with E-state index in [1.165, 1.54) is 12.8 Å². The molecule has 8 nitrogen and oxygen atoms in total. The molecule has 2 aliphatic carbocycles. The molecule has 0 saturated heterocycles. The average molecular weight is 389 g/mol. The maximum atomic E-state index is 12.6. The van der Waals surface area contributed by atoms with Gasteiger partial charge in [-0.15, -0.1) is 0 Å². The van der Waals surface area contributed by atoms with Crippen molar-refractivity contribution in [3.63, 3.8) is 0 Å². The molecule has 0 spiro atoms. The molecule has 152 valence electrons. The van der Waals surface area contributed by atoms with Crippen LogP contribution >= 0.6 is 0 Å². The lowest BCUT2D eigenvalue weighted by Crippen LogP contribution is -2.25. The molecular formula is C20H27N3O5. The van der Waals surface area contributed by atoms with Crippen molar-refractivity contribution >= 4 is 11.3 Å². The molecule has 0 amide bonds. The zero-order valence-electron chi connectivity index (χ0n) is 16.1. The number of H-pyrrole nitrogens is 1. The second kappa shape index (κ2) is 8.45. The lowest BCUT2D eigenvalue weighted by molar-refractivity contribution is 0.0177. The monoisotopic (exact) mass is 389 g/mol. The Hall–Kier alpha value is -2.19. The van der Waals surface area contributed by atoms with Crippen molar-refractivity contribution in [3.8, 4) is 11.9 Å². The van der Waals surface area contributed by atoms with Crippen molar-refractivity contribution in [2.45, 2.75) is 70.2 Å². The molecule has 1 atom stereocenters. The van der Waals surface area contributed by atoms with Crippen molar-refractivity contribution in [1.29, 1.82) is 0 Å². The van der Waals surface area contributed by atoms with Gasteiger partial charge in [0.15, 0.2) is 0 Å². The molecule has 1 aromatic heterocycles. The van der Waals surface area contributed by atoms with Gasteiger partial charge >= 0.3 is 6.01 Å². The molecular weight excluding hydrogens is 362 g/mol. The van der Waals surface area contributed by atoms with E-state index >= 15 is 0 Å². The van der Waals surface area contributed by atoms with Gasteiger partial charge in [0.05, 0.1) is 11.8 Å². The van der Waals surface area contributed by atoms with Gasteiger partial charge in [-0.25, -0.2) is 0 Å². The van der Waals surface area contributed by atoms with Crippen molar-refractivity contribution in [2.75, 3.05) is 7.11 Å². The molecule has 4 rings (SSSR count). The lowest BCUT2D eigenvalue weighted by atomic mass is 9.96. The first kappa shape index (κ1) is 19.1. The summed E-state index contributed by atoms with van der Waals surface area (Å²) in [6, 6.07) is -0.0310. The summed E-state index contributed by atoms with van der Waals surface area (Å²) < 4.78 is 10.7. The van der Waals surface area contributed by atoms with E-state index in [0.717, 1.165) is 62.1 Å². The highest BCUT2D eigenvalue weighted by Gasteiger charge is 2.26. The number of hydrogen-bond acceptors (Lipinski definition) is 7. The Labute approximate surface area is 163 Å². The minimum absolute atomic E-state index is 0.0310. The number of nitrogens with one attached hydrogen (secondary N) is 1. The van der Waals surface area contributed by atoms with Gasteiger partial charge in [0, 0.05) is 7.11 Å². The van der Waals surface area contributed by atoms with Crippen LogP contribution in [0, 0.1) is 5.92 Å². The zero-order chi connectivity index (χ0) is 19.5.